The summed E-state index contributed by atoms with van der Waals surface area (Å²) >= 11 is 0. The standard InChI is InChI=1S/C11H13N3O5/c1-3-19-8(15)4-7-9(14(17)18)10-12-6(2)5-13(10)11(7)16/h4,6,12H,3,5H2,1-2H3/b7-4+. The molecule has 0 aromatic carbocycles. The number of amides is 1. The maximum atomic E-state index is 12.1. The van der Waals surface area contributed by atoms with Crippen LogP contribution in [0.15, 0.2) is 23.2 Å². The van der Waals surface area contributed by atoms with Crippen molar-refractivity contribution in [3.63, 3.8) is 0 Å². The van der Waals surface area contributed by atoms with Crippen LogP contribution < -0.4 is 5.32 Å². The van der Waals surface area contributed by atoms with Gasteiger partial charge in [0.15, 0.2) is 5.82 Å². The largest absolute Gasteiger partial charge is 0.463 e. The van der Waals surface area contributed by atoms with Crippen LogP contribution in [-0.4, -0.2) is 40.9 Å². The summed E-state index contributed by atoms with van der Waals surface area (Å²) in [5, 5.41) is 13.9. The fourth-order valence-electron chi connectivity index (χ4n) is 2.09. The molecule has 1 amide bonds. The Kier molecular flexibility index (Phi) is 3.24. The van der Waals surface area contributed by atoms with Gasteiger partial charge in [0, 0.05) is 18.7 Å². The van der Waals surface area contributed by atoms with Gasteiger partial charge in [-0.2, -0.15) is 0 Å². The monoisotopic (exact) mass is 267 g/mol. The van der Waals surface area contributed by atoms with Gasteiger partial charge in [0.25, 0.3) is 5.91 Å². The molecule has 0 saturated carbocycles. The van der Waals surface area contributed by atoms with Gasteiger partial charge in [-0.05, 0) is 13.8 Å². The van der Waals surface area contributed by atoms with Crippen LogP contribution in [0.2, 0.25) is 0 Å². The Bertz CT molecular complexity index is 522. The van der Waals surface area contributed by atoms with E-state index in [2.05, 4.69) is 10.1 Å². The molecule has 0 aromatic heterocycles. The number of ether oxygens (including phenoxy) is 1. The molecule has 8 nitrogen and oxygen atoms in total. The average molecular weight is 267 g/mol. The lowest BCUT2D eigenvalue weighted by Crippen LogP contribution is -2.25. The number of hydrogen-bond donors (Lipinski definition) is 1. The van der Waals surface area contributed by atoms with Gasteiger partial charge in [-0.25, -0.2) is 4.79 Å². The molecule has 0 radical (unpaired) electrons. The summed E-state index contributed by atoms with van der Waals surface area (Å²) in [4.78, 5) is 35.1. The highest BCUT2D eigenvalue weighted by molar-refractivity contribution is 6.06. The van der Waals surface area contributed by atoms with Crippen molar-refractivity contribution in [2.45, 2.75) is 19.9 Å². The predicted octanol–water partition coefficient (Wildman–Crippen LogP) is -0.244. The molecule has 19 heavy (non-hydrogen) atoms. The minimum absolute atomic E-state index is 0.0574. The SMILES string of the molecule is CCOC(=O)/C=C1/C(=O)N2CC(C)NC2=C1[N+](=O)[O-]. The van der Waals surface area contributed by atoms with Crippen molar-refractivity contribution in [1.82, 2.24) is 10.2 Å². The molecule has 0 aromatic rings. The molecule has 1 unspecified atom stereocenters. The Balaban J connectivity index is 2.42. The number of hydrogen-bond acceptors (Lipinski definition) is 6. The lowest BCUT2D eigenvalue weighted by Gasteiger charge is -2.07. The van der Waals surface area contributed by atoms with Gasteiger partial charge in [-0.3, -0.25) is 19.8 Å². The van der Waals surface area contributed by atoms with E-state index in [4.69, 9.17) is 0 Å². The Hall–Kier alpha value is -2.38. The molecule has 0 spiro atoms. The molecule has 2 rings (SSSR count). The maximum absolute atomic E-state index is 12.1. The van der Waals surface area contributed by atoms with Crippen LogP contribution in [0.3, 0.4) is 0 Å². The third-order valence-corrected chi connectivity index (χ3v) is 2.80. The van der Waals surface area contributed by atoms with Crippen molar-refractivity contribution in [3.05, 3.63) is 33.3 Å². The summed E-state index contributed by atoms with van der Waals surface area (Å²) in [6.45, 7) is 3.90. The van der Waals surface area contributed by atoms with E-state index >= 15 is 0 Å². The van der Waals surface area contributed by atoms with E-state index in [9.17, 15) is 19.7 Å². The van der Waals surface area contributed by atoms with E-state index in [0.29, 0.717) is 6.54 Å². The molecule has 0 bridgehead atoms. The van der Waals surface area contributed by atoms with Crippen LogP contribution in [0.5, 0.6) is 0 Å². The van der Waals surface area contributed by atoms with Gasteiger partial charge >= 0.3 is 11.7 Å². The van der Waals surface area contributed by atoms with Crippen molar-refractivity contribution in [2.24, 2.45) is 0 Å². The third kappa shape index (κ3) is 2.16. The first kappa shape index (κ1) is 13.1. The molecule has 1 saturated heterocycles. The van der Waals surface area contributed by atoms with Crippen LogP contribution in [0.25, 0.3) is 0 Å². The van der Waals surface area contributed by atoms with E-state index in [-0.39, 0.29) is 29.7 Å². The first-order valence-corrected chi connectivity index (χ1v) is 5.81. The number of nitrogens with zero attached hydrogens (tertiary/aromatic N) is 2. The third-order valence-electron chi connectivity index (χ3n) is 2.80. The Morgan fingerprint density at radius 1 is 1.68 bits per heavy atom. The highest BCUT2D eigenvalue weighted by Gasteiger charge is 2.47. The minimum Gasteiger partial charge on any atom is -0.463 e. The number of esters is 1. The number of nitrogens with one attached hydrogen (secondary N) is 1. The molecule has 1 fully saturated rings. The fraction of sp³-hybridized carbons (Fsp3) is 0.455. The molecule has 1 N–H and O–H groups in total. The van der Waals surface area contributed by atoms with E-state index in [1.165, 1.54) is 4.90 Å². The molecule has 0 aliphatic carbocycles. The van der Waals surface area contributed by atoms with Crippen LogP contribution in [0.1, 0.15) is 13.8 Å². The molecular formula is C11H13N3O5. The van der Waals surface area contributed by atoms with Crippen molar-refractivity contribution >= 4 is 11.9 Å². The predicted molar refractivity (Wildman–Crippen MR) is 63.0 cm³/mol. The molecule has 8 heteroatoms. The second-order valence-corrected chi connectivity index (χ2v) is 4.23. The van der Waals surface area contributed by atoms with Crippen molar-refractivity contribution in [2.75, 3.05) is 13.2 Å². The quantitative estimate of drug-likeness (QED) is 0.327. The smallest absolute Gasteiger partial charge is 0.331 e. The van der Waals surface area contributed by atoms with E-state index in [0.717, 1.165) is 6.08 Å². The zero-order valence-electron chi connectivity index (χ0n) is 10.5. The van der Waals surface area contributed by atoms with Gasteiger partial charge in [0.05, 0.1) is 11.5 Å². The molecule has 102 valence electrons. The van der Waals surface area contributed by atoms with E-state index in [1.807, 2.05) is 6.92 Å². The van der Waals surface area contributed by atoms with Crippen LogP contribution in [0.4, 0.5) is 0 Å². The van der Waals surface area contributed by atoms with Crippen molar-refractivity contribution < 1.29 is 19.2 Å². The summed E-state index contributed by atoms with van der Waals surface area (Å²) in [5.41, 5.74) is -0.611. The fourth-order valence-corrected chi connectivity index (χ4v) is 2.09. The maximum Gasteiger partial charge on any atom is 0.331 e. The molecule has 2 aliphatic heterocycles. The van der Waals surface area contributed by atoms with Crippen LogP contribution in [0, 0.1) is 10.1 Å². The first-order chi connectivity index (χ1) is 8.95. The molecule has 2 aliphatic rings. The Morgan fingerprint density at radius 3 is 2.95 bits per heavy atom. The lowest BCUT2D eigenvalue weighted by molar-refractivity contribution is -0.421. The van der Waals surface area contributed by atoms with Gasteiger partial charge in [-0.1, -0.05) is 0 Å². The summed E-state index contributed by atoms with van der Waals surface area (Å²) in [5.74, 6) is -1.16. The zero-order chi connectivity index (χ0) is 14.2. The molecule has 2 heterocycles. The minimum atomic E-state index is -0.764. The van der Waals surface area contributed by atoms with E-state index in [1.54, 1.807) is 6.92 Å². The zero-order valence-corrected chi connectivity index (χ0v) is 10.5. The summed E-state index contributed by atoms with van der Waals surface area (Å²) < 4.78 is 4.67. The number of nitro groups is 1. The summed E-state index contributed by atoms with van der Waals surface area (Å²) in [7, 11) is 0. The lowest BCUT2D eigenvalue weighted by atomic mass is 10.2. The molecular weight excluding hydrogens is 254 g/mol. The van der Waals surface area contributed by atoms with Gasteiger partial charge in [0.1, 0.15) is 5.57 Å². The van der Waals surface area contributed by atoms with Crippen LogP contribution in [-0.2, 0) is 14.3 Å². The van der Waals surface area contributed by atoms with Crippen LogP contribution >= 0.6 is 0 Å². The van der Waals surface area contributed by atoms with Crippen molar-refractivity contribution in [1.29, 1.82) is 0 Å². The normalized spacial score (nSPS) is 23.7. The van der Waals surface area contributed by atoms with Crippen molar-refractivity contribution in [3.8, 4) is 0 Å². The first-order valence-electron chi connectivity index (χ1n) is 5.81. The highest BCUT2D eigenvalue weighted by atomic mass is 16.6. The summed E-state index contributed by atoms with van der Waals surface area (Å²) in [6.07, 6.45) is 0.877. The summed E-state index contributed by atoms with van der Waals surface area (Å²) in [6, 6.07) is -0.0574. The number of fused-ring (bicyclic) bond motifs is 1. The van der Waals surface area contributed by atoms with Gasteiger partial charge < -0.3 is 10.1 Å². The number of carbonyl (C=O) groups excluding carboxylic acids is 2. The average Bonchev–Trinajstić information content (AvgIpc) is 2.78. The highest BCUT2D eigenvalue weighted by Crippen LogP contribution is 2.31. The Morgan fingerprint density at radius 2 is 2.37 bits per heavy atom. The topological polar surface area (TPSA) is 102 Å². The number of rotatable bonds is 3. The van der Waals surface area contributed by atoms with E-state index < -0.39 is 16.8 Å². The van der Waals surface area contributed by atoms with Gasteiger partial charge in [-0.15, -0.1) is 0 Å². The Labute approximate surface area is 108 Å². The second kappa shape index (κ2) is 4.71. The van der Waals surface area contributed by atoms with Gasteiger partial charge in [0.2, 0.25) is 0 Å². The number of carbonyl (C=O) groups is 2. The second-order valence-electron chi connectivity index (χ2n) is 4.23. The molecule has 1 atom stereocenters.